The summed E-state index contributed by atoms with van der Waals surface area (Å²) in [5.41, 5.74) is 0.114. The van der Waals surface area contributed by atoms with Crippen LogP contribution in [0.15, 0.2) is 23.1 Å². The van der Waals surface area contributed by atoms with Crippen LogP contribution in [0, 0.1) is 0 Å². The summed E-state index contributed by atoms with van der Waals surface area (Å²) in [6.45, 7) is 2.97. The van der Waals surface area contributed by atoms with Gasteiger partial charge >= 0.3 is 5.97 Å². The monoisotopic (exact) mass is 444 g/mol. The number of carbonyl (C=O) groups excluding carboxylic acids is 2. The third-order valence-corrected chi connectivity index (χ3v) is 6.40. The Balaban J connectivity index is 2.36. The Morgan fingerprint density at radius 3 is 2.50 bits per heavy atom. The molecule has 0 saturated carbocycles. The highest BCUT2D eigenvalue weighted by Crippen LogP contribution is 2.29. The van der Waals surface area contributed by atoms with Crippen LogP contribution in [-0.2, 0) is 29.0 Å². The summed E-state index contributed by atoms with van der Waals surface area (Å²) in [5, 5.41) is 0. The highest BCUT2D eigenvalue weighted by Gasteiger charge is 2.31. The third kappa shape index (κ3) is 5.91. The fraction of sp³-hybridized carbons (Fsp3) is 0.579. The van der Waals surface area contributed by atoms with Gasteiger partial charge in [0.15, 0.2) is 0 Å². The number of esters is 1. The van der Waals surface area contributed by atoms with Crippen molar-refractivity contribution in [2.24, 2.45) is 0 Å². The topological polar surface area (TPSA) is 112 Å². The number of benzene rings is 1. The van der Waals surface area contributed by atoms with Gasteiger partial charge in [0, 0.05) is 32.3 Å². The van der Waals surface area contributed by atoms with Gasteiger partial charge in [-0.3, -0.25) is 9.59 Å². The van der Waals surface area contributed by atoms with E-state index in [2.05, 4.69) is 0 Å². The van der Waals surface area contributed by atoms with Crippen molar-refractivity contribution in [3.05, 3.63) is 23.8 Å². The molecule has 1 heterocycles. The van der Waals surface area contributed by atoms with E-state index in [1.807, 2.05) is 0 Å². The number of nitrogens with zero attached hydrogens (tertiary/aromatic N) is 2. The molecule has 1 amide bonds. The summed E-state index contributed by atoms with van der Waals surface area (Å²) in [4.78, 5) is 26.1. The molecule has 0 aliphatic carbocycles. The molecule has 30 heavy (non-hydrogen) atoms. The first-order valence-electron chi connectivity index (χ1n) is 9.54. The average Bonchev–Trinajstić information content (AvgIpc) is 2.76. The fourth-order valence-corrected chi connectivity index (χ4v) is 4.53. The number of rotatable bonds is 10. The quantitative estimate of drug-likeness (QED) is 0.476. The Kier molecular flexibility index (Phi) is 9.03. The Bertz CT molecular complexity index is 837. The molecule has 0 aromatic heterocycles. The van der Waals surface area contributed by atoms with Gasteiger partial charge in [0.05, 0.1) is 33.5 Å². The Morgan fingerprint density at radius 1 is 1.20 bits per heavy atom. The number of ether oxygens (including phenoxy) is 4. The highest BCUT2D eigenvalue weighted by molar-refractivity contribution is 7.89. The lowest BCUT2D eigenvalue weighted by molar-refractivity contribution is -0.143. The lowest BCUT2D eigenvalue weighted by atomic mass is 10.2. The molecule has 0 unspecified atom stereocenters. The van der Waals surface area contributed by atoms with Crippen molar-refractivity contribution in [2.75, 3.05) is 66.8 Å². The summed E-state index contributed by atoms with van der Waals surface area (Å²) < 4.78 is 47.9. The molecule has 11 heteroatoms. The minimum absolute atomic E-state index is 0.111. The number of carbonyl (C=O) groups is 2. The van der Waals surface area contributed by atoms with E-state index >= 15 is 0 Å². The smallest absolute Gasteiger partial charge is 0.325 e. The Labute approximate surface area is 176 Å². The molecule has 0 atom stereocenters. The second kappa shape index (κ2) is 11.3. The zero-order chi connectivity index (χ0) is 22.1. The van der Waals surface area contributed by atoms with E-state index in [-0.39, 0.29) is 55.6 Å². The molecular weight excluding hydrogens is 416 g/mol. The number of sulfonamides is 1. The molecule has 0 spiro atoms. The minimum atomic E-state index is -3.89. The summed E-state index contributed by atoms with van der Waals surface area (Å²) >= 11 is 0. The van der Waals surface area contributed by atoms with Crippen LogP contribution in [0.25, 0.3) is 0 Å². The molecule has 1 aliphatic rings. The van der Waals surface area contributed by atoms with Gasteiger partial charge in [-0.15, -0.1) is 0 Å². The van der Waals surface area contributed by atoms with Crippen LogP contribution in [0.2, 0.25) is 0 Å². The van der Waals surface area contributed by atoms with Gasteiger partial charge in [0.2, 0.25) is 10.0 Å². The maximum atomic E-state index is 13.1. The van der Waals surface area contributed by atoms with Crippen molar-refractivity contribution in [3.63, 3.8) is 0 Å². The number of morpholine rings is 1. The SMILES string of the molecule is CCOC(=O)CN(CCOC)C(=O)c1ccc(OC)c(S(=O)(=O)N2CCOCC2)c1. The van der Waals surface area contributed by atoms with Crippen molar-refractivity contribution in [3.8, 4) is 5.75 Å². The largest absolute Gasteiger partial charge is 0.495 e. The van der Waals surface area contributed by atoms with Crippen LogP contribution in [0.1, 0.15) is 17.3 Å². The van der Waals surface area contributed by atoms with Crippen LogP contribution in [0.4, 0.5) is 0 Å². The fourth-order valence-electron chi connectivity index (χ4n) is 2.94. The molecule has 0 radical (unpaired) electrons. The van der Waals surface area contributed by atoms with E-state index in [9.17, 15) is 18.0 Å². The van der Waals surface area contributed by atoms with Crippen molar-refractivity contribution in [1.82, 2.24) is 9.21 Å². The van der Waals surface area contributed by atoms with Gasteiger partial charge < -0.3 is 23.8 Å². The number of methoxy groups -OCH3 is 2. The molecule has 10 nitrogen and oxygen atoms in total. The first-order valence-corrected chi connectivity index (χ1v) is 11.0. The zero-order valence-electron chi connectivity index (χ0n) is 17.5. The Hall–Kier alpha value is -2.21. The van der Waals surface area contributed by atoms with Gasteiger partial charge in [-0.2, -0.15) is 4.31 Å². The second-order valence-electron chi connectivity index (χ2n) is 6.41. The predicted octanol–water partition coefficient (Wildman–Crippen LogP) is 0.368. The normalized spacial score (nSPS) is 14.9. The van der Waals surface area contributed by atoms with E-state index in [0.29, 0.717) is 13.2 Å². The number of amides is 1. The van der Waals surface area contributed by atoms with Gasteiger partial charge in [-0.05, 0) is 25.1 Å². The van der Waals surface area contributed by atoms with Gasteiger partial charge in [-0.1, -0.05) is 0 Å². The lowest BCUT2D eigenvalue weighted by Crippen LogP contribution is -2.41. The van der Waals surface area contributed by atoms with Crippen LogP contribution < -0.4 is 4.74 Å². The summed E-state index contributed by atoms with van der Waals surface area (Å²) in [6.07, 6.45) is 0. The maximum Gasteiger partial charge on any atom is 0.325 e. The minimum Gasteiger partial charge on any atom is -0.495 e. The number of hydrogen-bond acceptors (Lipinski definition) is 8. The van der Waals surface area contributed by atoms with Crippen molar-refractivity contribution >= 4 is 21.9 Å². The summed E-state index contributed by atoms with van der Waals surface area (Å²) in [7, 11) is -1.05. The molecule has 0 N–H and O–H groups in total. The van der Waals surface area contributed by atoms with Crippen LogP contribution in [0.5, 0.6) is 5.75 Å². The van der Waals surface area contributed by atoms with Gasteiger partial charge in [-0.25, -0.2) is 8.42 Å². The van der Waals surface area contributed by atoms with Crippen molar-refractivity contribution in [2.45, 2.75) is 11.8 Å². The van der Waals surface area contributed by atoms with Crippen LogP contribution >= 0.6 is 0 Å². The molecule has 2 rings (SSSR count). The highest BCUT2D eigenvalue weighted by atomic mass is 32.2. The lowest BCUT2D eigenvalue weighted by Gasteiger charge is -2.27. The first-order chi connectivity index (χ1) is 14.3. The van der Waals surface area contributed by atoms with E-state index in [1.54, 1.807) is 6.92 Å². The molecule has 1 aromatic carbocycles. The third-order valence-electron chi connectivity index (χ3n) is 4.48. The zero-order valence-corrected chi connectivity index (χ0v) is 18.3. The van der Waals surface area contributed by atoms with E-state index in [0.717, 1.165) is 0 Å². The van der Waals surface area contributed by atoms with Crippen LogP contribution in [0.3, 0.4) is 0 Å². The van der Waals surface area contributed by atoms with Crippen molar-refractivity contribution < 1.29 is 37.0 Å². The number of hydrogen-bond donors (Lipinski definition) is 0. The molecule has 168 valence electrons. The van der Waals surface area contributed by atoms with E-state index in [1.165, 1.54) is 41.6 Å². The Morgan fingerprint density at radius 2 is 1.90 bits per heavy atom. The van der Waals surface area contributed by atoms with Gasteiger partial charge in [0.25, 0.3) is 5.91 Å². The molecule has 1 aliphatic heterocycles. The van der Waals surface area contributed by atoms with Crippen LogP contribution in [-0.4, -0.2) is 96.3 Å². The predicted molar refractivity (Wildman–Crippen MR) is 107 cm³/mol. The molecule has 0 bridgehead atoms. The maximum absolute atomic E-state index is 13.1. The molecular formula is C19H28N2O8S. The molecule has 1 fully saturated rings. The summed E-state index contributed by atoms with van der Waals surface area (Å²) in [6, 6.07) is 4.17. The van der Waals surface area contributed by atoms with Gasteiger partial charge in [0.1, 0.15) is 17.2 Å². The molecule has 1 aromatic rings. The van der Waals surface area contributed by atoms with E-state index in [4.69, 9.17) is 18.9 Å². The second-order valence-corrected chi connectivity index (χ2v) is 8.31. The standard InChI is InChI=1S/C19H28N2O8S/c1-4-29-18(22)14-20(7-10-26-2)19(23)15-5-6-16(27-3)17(13-15)30(24,25)21-8-11-28-12-9-21/h5-6,13H,4,7-12,14H2,1-3H3. The first kappa shape index (κ1) is 24.1. The summed E-state index contributed by atoms with van der Waals surface area (Å²) in [5.74, 6) is -0.940. The average molecular weight is 445 g/mol. The van der Waals surface area contributed by atoms with Crippen molar-refractivity contribution in [1.29, 1.82) is 0 Å². The van der Waals surface area contributed by atoms with E-state index < -0.39 is 21.9 Å². The molecule has 1 saturated heterocycles.